The van der Waals surface area contributed by atoms with Crippen molar-refractivity contribution in [2.24, 2.45) is 0 Å². The van der Waals surface area contributed by atoms with Gasteiger partial charge in [-0.3, -0.25) is 14.4 Å². The van der Waals surface area contributed by atoms with Gasteiger partial charge in [0.2, 0.25) is 5.91 Å². The zero-order valence-corrected chi connectivity index (χ0v) is 24.7. The second-order valence-electron chi connectivity index (χ2n) is 8.79. The third kappa shape index (κ3) is 8.87. The molecule has 0 aliphatic heterocycles. The zero-order valence-electron chi connectivity index (χ0n) is 21.7. The van der Waals surface area contributed by atoms with E-state index in [0.29, 0.717) is 37.6 Å². The molecule has 3 amide bonds. The number of carbonyl (C=O) groups is 3. The highest BCUT2D eigenvalue weighted by Gasteiger charge is 2.17. The van der Waals surface area contributed by atoms with Crippen molar-refractivity contribution in [3.63, 3.8) is 0 Å². The predicted molar refractivity (Wildman–Crippen MR) is 169 cm³/mol. The normalized spacial score (nSPS) is 11.9. The van der Waals surface area contributed by atoms with E-state index in [4.69, 9.17) is 34.8 Å². The van der Waals surface area contributed by atoms with Crippen LogP contribution in [-0.4, -0.2) is 23.0 Å². The van der Waals surface area contributed by atoms with Crippen LogP contribution in [-0.2, 0) is 9.59 Å². The number of carbonyl (C=O) groups excluding carboxylic acids is 3. The average molecular weight is 625 g/mol. The summed E-state index contributed by atoms with van der Waals surface area (Å²) in [5.41, 5.74) is 2.24. The standard InChI is InChI=1S/C31H24Cl3N3O3S/c1-19(29(38)36-24-13-16-26(33)27(34)18-24)41-25-14-11-23(12-15-25)35-31(40)28(17-20-7-9-22(32)10-8-20)37-30(39)21-5-3-2-4-6-21/h2-19H,1H3,(H,35,40)(H,36,38)(H,37,39)/b28-17-. The van der Waals surface area contributed by atoms with Crippen LogP contribution in [0.15, 0.2) is 108 Å². The molecular weight excluding hydrogens is 601 g/mol. The molecular formula is C31H24Cl3N3O3S. The quantitative estimate of drug-likeness (QED) is 0.129. The Morgan fingerprint density at radius 3 is 2.07 bits per heavy atom. The lowest BCUT2D eigenvalue weighted by molar-refractivity contribution is -0.115. The fourth-order valence-corrected chi connectivity index (χ4v) is 4.85. The summed E-state index contributed by atoms with van der Waals surface area (Å²) < 4.78 is 0. The monoisotopic (exact) mass is 623 g/mol. The largest absolute Gasteiger partial charge is 0.325 e. The molecule has 0 radical (unpaired) electrons. The van der Waals surface area contributed by atoms with Gasteiger partial charge in [-0.05, 0) is 85.3 Å². The van der Waals surface area contributed by atoms with Crippen LogP contribution in [0.25, 0.3) is 6.08 Å². The Morgan fingerprint density at radius 1 is 0.756 bits per heavy atom. The number of benzene rings is 4. The minimum absolute atomic E-state index is 0.0622. The Hall–Kier alpha value is -3.75. The van der Waals surface area contributed by atoms with Crippen LogP contribution < -0.4 is 16.0 Å². The average Bonchev–Trinajstić information content (AvgIpc) is 2.97. The summed E-state index contributed by atoms with van der Waals surface area (Å²) in [6.07, 6.45) is 1.57. The Kier molecular flexibility index (Phi) is 10.5. The molecule has 3 N–H and O–H groups in total. The molecule has 1 unspecified atom stereocenters. The molecule has 6 nitrogen and oxygen atoms in total. The van der Waals surface area contributed by atoms with E-state index in [0.717, 1.165) is 4.90 Å². The SMILES string of the molecule is CC(Sc1ccc(NC(=O)/C(=C/c2ccc(Cl)cc2)NC(=O)c2ccccc2)cc1)C(=O)Nc1ccc(Cl)c(Cl)c1. The fraction of sp³-hybridized carbons (Fsp3) is 0.0645. The maximum atomic E-state index is 13.2. The van der Waals surface area contributed by atoms with Crippen molar-refractivity contribution in [3.05, 3.63) is 129 Å². The Bertz CT molecular complexity index is 1580. The van der Waals surface area contributed by atoms with Crippen LogP contribution in [0.4, 0.5) is 11.4 Å². The van der Waals surface area contributed by atoms with Crippen LogP contribution in [0, 0.1) is 0 Å². The number of nitrogens with one attached hydrogen (secondary N) is 3. The molecule has 1 atom stereocenters. The molecule has 0 saturated heterocycles. The first-order valence-corrected chi connectivity index (χ1v) is 14.4. The molecule has 208 valence electrons. The van der Waals surface area contributed by atoms with Crippen molar-refractivity contribution >= 4 is 81.7 Å². The van der Waals surface area contributed by atoms with Gasteiger partial charge >= 0.3 is 0 Å². The van der Waals surface area contributed by atoms with Crippen LogP contribution in [0.3, 0.4) is 0 Å². The zero-order chi connectivity index (χ0) is 29.4. The van der Waals surface area contributed by atoms with E-state index in [1.165, 1.54) is 11.8 Å². The fourth-order valence-electron chi connectivity index (χ4n) is 3.56. The summed E-state index contributed by atoms with van der Waals surface area (Å²) in [5.74, 6) is -1.11. The lowest BCUT2D eigenvalue weighted by Gasteiger charge is -2.14. The van der Waals surface area contributed by atoms with Crippen molar-refractivity contribution in [1.29, 1.82) is 0 Å². The molecule has 0 aliphatic carbocycles. The first-order valence-electron chi connectivity index (χ1n) is 12.4. The maximum Gasteiger partial charge on any atom is 0.272 e. The highest BCUT2D eigenvalue weighted by atomic mass is 35.5. The molecule has 0 saturated carbocycles. The third-order valence-corrected chi connectivity index (χ3v) is 7.79. The van der Waals surface area contributed by atoms with E-state index in [1.54, 1.807) is 110 Å². The summed E-state index contributed by atoms with van der Waals surface area (Å²) >= 11 is 19.3. The topological polar surface area (TPSA) is 87.3 Å². The van der Waals surface area contributed by atoms with Crippen LogP contribution >= 0.6 is 46.6 Å². The first-order chi connectivity index (χ1) is 19.7. The number of halogens is 3. The minimum Gasteiger partial charge on any atom is -0.325 e. The second-order valence-corrected chi connectivity index (χ2v) is 11.5. The summed E-state index contributed by atoms with van der Waals surface area (Å²) in [6.45, 7) is 1.79. The molecule has 0 aliphatic rings. The van der Waals surface area contributed by atoms with E-state index >= 15 is 0 Å². The van der Waals surface area contributed by atoms with Crippen LogP contribution in [0.1, 0.15) is 22.8 Å². The second kappa shape index (κ2) is 14.2. The molecule has 4 aromatic rings. The summed E-state index contributed by atoms with van der Waals surface area (Å²) in [5, 5.41) is 9.25. The molecule has 41 heavy (non-hydrogen) atoms. The molecule has 0 fully saturated rings. The Labute approximate surface area is 257 Å². The van der Waals surface area contributed by atoms with Gasteiger partial charge < -0.3 is 16.0 Å². The van der Waals surface area contributed by atoms with Gasteiger partial charge in [-0.1, -0.05) is 65.1 Å². The van der Waals surface area contributed by atoms with Crippen LogP contribution in [0.2, 0.25) is 15.1 Å². The number of hydrogen-bond acceptors (Lipinski definition) is 4. The molecule has 4 aromatic carbocycles. The van der Waals surface area contributed by atoms with Gasteiger partial charge in [0.15, 0.2) is 0 Å². The number of anilines is 2. The first kappa shape index (κ1) is 30.2. The van der Waals surface area contributed by atoms with Gasteiger partial charge in [-0.2, -0.15) is 0 Å². The summed E-state index contributed by atoms with van der Waals surface area (Å²) in [4.78, 5) is 39.5. The molecule has 0 aromatic heterocycles. The van der Waals surface area contributed by atoms with Crippen molar-refractivity contribution in [2.75, 3.05) is 10.6 Å². The maximum absolute atomic E-state index is 13.2. The van der Waals surface area contributed by atoms with Gasteiger partial charge in [0.25, 0.3) is 11.8 Å². The number of amides is 3. The van der Waals surface area contributed by atoms with Crippen LogP contribution in [0.5, 0.6) is 0 Å². The highest BCUT2D eigenvalue weighted by Crippen LogP contribution is 2.28. The van der Waals surface area contributed by atoms with Crippen molar-refractivity contribution in [2.45, 2.75) is 17.1 Å². The van der Waals surface area contributed by atoms with Gasteiger partial charge in [0, 0.05) is 26.9 Å². The van der Waals surface area contributed by atoms with E-state index in [2.05, 4.69) is 16.0 Å². The van der Waals surface area contributed by atoms with E-state index in [9.17, 15) is 14.4 Å². The van der Waals surface area contributed by atoms with E-state index in [1.807, 2.05) is 0 Å². The van der Waals surface area contributed by atoms with Crippen molar-refractivity contribution in [1.82, 2.24) is 5.32 Å². The van der Waals surface area contributed by atoms with E-state index < -0.39 is 17.1 Å². The van der Waals surface area contributed by atoms with Gasteiger partial charge in [-0.25, -0.2) is 0 Å². The molecule has 0 bridgehead atoms. The van der Waals surface area contributed by atoms with Gasteiger partial charge in [-0.15, -0.1) is 11.8 Å². The van der Waals surface area contributed by atoms with Crippen molar-refractivity contribution in [3.8, 4) is 0 Å². The minimum atomic E-state index is -0.501. The Morgan fingerprint density at radius 2 is 1.41 bits per heavy atom. The smallest absolute Gasteiger partial charge is 0.272 e. The molecule has 0 heterocycles. The molecule has 4 rings (SSSR count). The number of rotatable bonds is 9. The number of hydrogen-bond donors (Lipinski definition) is 3. The van der Waals surface area contributed by atoms with Gasteiger partial charge in [0.1, 0.15) is 5.70 Å². The predicted octanol–water partition coefficient (Wildman–Crippen LogP) is 8.18. The lowest BCUT2D eigenvalue weighted by atomic mass is 10.1. The number of thioether (sulfide) groups is 1. The highest BCUT2D eigenvalue weighted by molar-refractivity contribution is 8.00. The van der Waals surface area contributed by atoms with Gasteiger partial charge in [0.05, 0.1) is 15.3 Å². The van der Waals surface area contributed by atoms with E-state index in [-0.39, 0.29) is 11.6 Å². The molecule has 10 heteroatoms. The summed E-state index contributed by atoms with van der Waals surface area (Å²) in [6, 6.07) is 27.4. The summed E-state index contributed by atoms with van der Waals surface area (Å²) in [7, 11) is 0. The molecule has 0 spiro atoms. The Balaban J connectivity index is 1.42. The lowest BCUT2D eigenvalue weighted by Crippen LogP contribution is -2.30. The van der Waals surface area contributed by atoms with Crippen molar-refractivity contribution < 1.29 is 14.4 Å². The third-order valence-electron chi connectivity index (χ3n) is 5.69.